The molecule has 2 aliphatic rings. The van der Waals surface area contributed by atoms with E-state index in [1.165, 1.54) is 0 Å². The highest BCUT2D eigenvalue weighted by molar-refractivity contribution is 6.30. The molecule has 2 aromatic carbocycles. The Morgan fingerprint density at radius 1 is 1.16 bits per heavy atom. The predicted molar refractivity (Wildman–Crippen MR) is 99.0 cm³/mol. The molecule has 2 fully saturated rings. The Kier molecular flexibility index (Phi) is 4.22. The minimum atomic E-state index is -0.0180. The second-order valence-corrected chi connectivity index (χ2v) is 7.13. The van der Waals surface area contributed by atoms with Crippen molar-refractivity contribution in [2.45, 2.75) is 25.2 Å². The van der Waals surface area contributed by atoms with E-state index < -0.39 is 0 Å². The van der Waals surface area contributed by atoms with Crippen LogP contribution in [0, 0.1) is 5.92 Å². The molecule has 1 aliphatic carbocycles. The van der Waals surface area contributed by atoms with Gasteiger partial charge in [0.2, 0.25) is 11.8 Å². The normalized spacial score (nSPS) is 22.1. The highest BCUT2D eigenvalue weighted by atomic mass is 35.5. The number of halogens is 1. The van der Waals surface area contributed by atoms with Crippen molar-refractivity contribution in [3.8, 4) is 0 Å². The molecule has 2 atom stereocenters. The lowest BCUT2D eigenvalue weighted by Gasteiger charge is -2.16. The maximum Gasteiger partial charge on any atom is 0.228 e. The van der Waals surface area contributed by atoms with Crippen LogP contribution in [0.1, 0.15) is 30.7 Å². The molecule has 2 amide bonds. The third-order valence-corrected chi connectivity index (χ3v) is 5.14. The first kappa shape index (κ1) is 16.2. The average molecular weight is 355 g/mol. The first-order valence-corrected chi connectivity index (χ1v) is 8.96. The van der Waals surface area contributed by atoms with Crippen LogP contribution < -0.4 is 10.2 Å². The van der Waals surface area contributed by atoms with Crippen molar-refractivity contribution in [3.05, 3.63) is 59.1 Å². The van der Waals surface area contributed by atoms with Gasteiger partial charge in [-0.2, -0.15) is 0 Å². The second kappa shape index (κ2) is 6.52. The lowest BCUT2D eigenvalue weighted by atomic mass is 10.1. The van der Waals surface area contributed by atoms with Crippen LogP contribution in [-0.4, -0.2) is 18.4 Å². The molecule has 1 saturated heterocycles. The first-order chi connectivity index (χ1) is 12.1. The van der Waals surface area contributed by atoms with Crippen molar-refractivity contribution >= 4 is 34.8 Å². The number of rotatable bonds is 4. The number of nitrogens with one attached hydrogen (secondary N) is 1. The summed E-state index contributed by atoms with van der Waals surface area (Å²) in [4.78, 5) is 26.2. The van der Waals surface area contributed by atoms with Gasteiger partial charge in [0, 0.05) is 35.3 Å². The lowest BCUT2D eigenvalue weighted by Crippen LogP contribution is -2.23. The van der Waals surface area contributed by atoms with Crippen LogP contribution in [0.5, 0.6) is 0 Å². The van der Waals surface area contributed by atoms with E-state index in [9.17, 15) is 9.59 Å². The first-order valence-electron chi connectivity index (χ1n) is 8.58. The van der Waals surface area contributed by atoms with Crippen molar-refractivity contribution in [3.63, 3.8) is 0 Å². The number of hydrogen-bond donors (Lipinski definition) is 1. The average Bonchev–Trinajstić information content (AvgIpc) is 3.30. The zero-order valence-corrected chi connectivity index (χ0v) is 14.5. The fourth-order valence-corrected chi connectivity index (χ4v) is 3.70. The van der Waals surface area contributed by atoms with Gasteiger partial charge in [-0.15, -0.1) is 0 Å². The molecule has 0 spiro atoms. The van der Waals surface area contributed by atoms with E-state index in [4.69, 9.17) is 11.6 Å². The molecule has 25 heavy (non-hydrogen) atoms. The lowest BCUT2D eigenvalue weighted by molar-refractivity contribution is -0.118. The van der Waals surface area contributed by atoms with Crippen LogP contribution >= 0.6 is 11.6 Å². The minimum Gasteiger partial charge on any atom is -0.326 e. The van der Waals surface area contributed by atoms with Crippen LogP contribution in [0.25, 0.3) is 0 Å². The molecular formula is C20H19ClN2O2. The van der Waals surface area contributed by atoms with Gasteiger partial charge in [-0.3, -0.25) is 9.59 Å². The van der Waals surface area contributed by atoms with E-state index in [0.29, 0.717) is 11.4 Å². The summed E-state index contributed by atoms with van der Waals surface area (Å²) in [7, 11) is 0. The number of carbonyl (C=O) groups excluding carboxylic acids is 2. The van der Waals surface area contributed by atoms with Gasteiger partial charge in [-0.25, -0.2) is 0 Å². The summed E-state index contributed by atoms with van der Waals surface area (Å²) in [6.45, 7) is 0.746. The standard InChI is InChI=1S/C20H19ClN2O2/c21-14-5-1-4-13(10-14)17-12-18(17)20(25)22-15-6-2-7-16(11-15)23-9-3-8-19(23)24/h1-2,4-7,10-11,17-18H,3,8-9,12H2,(H,22,25). The van der Waals surface area contributed by atoms with E-state index >= 15 is 0 Å². The van der Waals surface area contributed by atoms with Crippen LogP contribution in [-0.2, 0) is 9.59 Å². The Labute approximate surface area is 151 Å². The Hall–Kier alpha value is -2.33. The number of anilines is 2. The Morgan fingerprint density at radius 2 is 2.00 bits per heavy atom. The van der Waals surface area contributed by atoms with Gasteiger partial charge in [0.15, 0.2) is 0 Å². The Morgan fingerprint density at radius 3 is 2.76 bits per heavy atom. The highest BCUT2D eigenvalue weighted by Crippen LogP contribution is 2.48. The van der Waals surface area contributed by atoms with E-state index in [1.807, 2.05) is 48.5 Å². The minimum absolute atomic E-state index is 0.0180. The van der Waals surface area contributed by atoms with Gasteiger partial charge in [0.05, 0.1) is 0 Å². The van der Waals surface area contributed by atoms with E-state index in [-0.39, 0.29) is 23.7 Å². The van der Waals surface area contributed by atoms with Crippen LogP contribution in [0.15, 0.2) is 48.5 Å². The molecule has 4 nitrogen and oxygen atoms in total. The molecule has 1 heterocycles. The maximum absolute atomic E-state index is 12.5. The van der Waals surface area contributed by atoms with Crippen molar-refractivity contribution in [1.29, 1.82) is 0 Å². The van der Waals surface area contributed by atoms with Crippen molar-refractivity contribution < 1.29 is 9.59 Å². The van der Waals surface area contributed by atoms with Gasteiger partial charge in [-0.1, -0.05) is 29.8 Å². The van der Waals surface area contributed by atoms with Crippen molar-refractivity contribution in [2.24, 2.45) is 5.92 Å². The van der Waals surface area contributed by atoms with E-state index in [1.54, 1.807) is 4.90 Å². The molecule has 1 N–H and O–H groups in total. The number of hydrogen-bond acceptors (Lipinski definition) is 2. The van der Waals surface area contributed by atoms with Gasteiger partial charge in [0.1, 0.15) is 0 Å². The topological polar surface area (TPSA) is 49.4 Å². The number of benzene rings is 2. The summed E-state index contributed by atoms with van der Waals surface area (Å²) in [6, 6.07) is 15.2. The van der Waals surface area contributed by atoms with Crippen molar-refractivity contribution in [2.75, 3.05) is 16.8 Å². The summed E-state index contributed by atoms with van der Waals surface area (Å²) in [5.74, 6) is 0.388. The number of amides is 2. The predicted octanol–water partition coefficient (Wildman–Crippen LogP) is 4.21. The van der Waals surface area contributed by atoms with Gasteiger partial charge in [-0.05, 0) is 54.7 Å². The summed E-state index contributed by atoms with van der Waals surface area (Å²) >= 11 is 6.03. The largest absolute Gasteiger partial charge is 0.326 e. The fourth-order valence-electron chi connectivity index (χ4n) is 3.50. The smallest absolute Gasteiger partial charge is 0.228 e. The van der Waals surface area contributed by atoms with Gasteiger partial charge < -0.3 is 10.2 Å². The highest BCUT2D eigenvalue weighted by Gasteiger charge is 2.44. The molecule has 1 saturated carbocycles. The maximum atomic E-state index is 12.5. The Balaban J connectivity index is 1.43. The van der Waals surface area contributed by atoms with E-state index in [0.717, 1.165) is 36.3 Å². The summed E-state index contributed by atoms with van der Waals surface area (Å²) < 4.78 is 0. The monoisotopic (exact) mass is 354 g/mol. The molecule has 128 valence electrons. The number of nitrogens with zero attached hydrogens (tertiary/aromatic N) is 1. The van der Waals surface area contributed by atoms with Gasteiger partial charge >= 0.3 is 0 Å². The van der Waals surface area contributed by atoms with E-state index in [2.05, 4.69) is 5.32 Å². The number of carbonyl (C=O) groups is 2. The van der Waals surface area contributed by atoms with Crippen LogP contribution in [0.4, 0.5) is 11.4 Å². The molecule has 1 aliphatic heterocycles. The van der Waals surface area contributed by atoms with Crippen LogP contribution in [0.2, 0.25) is 5.02 Å². The zero-order chi connectivity index (χ0) is 17.4. The van der Waals surface area contributed by atoms with Crippen molar-refractivity contribution in [1.82, 2.24) is 0 Å². The molecule has 0 bridgehead atoms. The molecule has 4 rings (SSSR count). The SMILES string of the molecule is O=C(Nc1cccc(N2CCCC2=O)c1)C1CC1c1cccc(Cl)c1. The Bertz CT molecular complexity index is 836. The van der Waals surface area contributed by atoms with Gasteiger partial charge in [0.25, 0.3) is 0 Å². The molecule has 2 unspecified atom stereocenters. The summed E-state index contributed by atoms with van der Waals surface area (Å²) in [5.41, 5.74) is 2.70. The third kappa shape index (κ3) is 3.40. The summed E-state index contributed by atoms with van der Waals surface area (Å²) in [6.07, 6.45) is 2.33. The summed E-state index contributed by atoms with van der Waals surface area (Å²) in [5, 5.41) is 3.69. The molecule has 5 heteroatoms. The molecule has 2 aromatic rings. The second-order valence-electron chi connectivity index (χ2n) is 6.69. The molecule has 0 radical (unpaired) electrons. The quantitative estimate of drug-likeness (QED) is 0.894. The fraction of sp³-hybridized carbons (Fsp3) is 0.300. The molecule has 0 aromatic heterocycles. The third-order valence-electron chi connectivity index (χ3n) is 4.90. The van der Waals surface area contributed by atoms with Crippen LogP contribution in [0.3, 0.4) is 0 Å². The molecular weight excluding hydrogens is 336 g/mol. The zero-order valence-electron chi connectivity index (χ0n) is 13.7.